The maximum Gasteiger partial charge on any atom is 0.0776 e. The van der Waals surface area contributed by atoms with Crippen molar-refractivity contribution < 1.29 is 5.11 Å². The fourth-order valence-electron chi connectivity index (χ4n) is 2.11. The minimum Gasteiger partial charge on any atom is -0.389 e. The number of anilines is 1. The summed E-state index contributed by atoms with van der Waals surface area (Å²) in [6.07, 6.45) is 2.33. The molecule has 96 valence electrons. The molecule has 1 aliphatic carbocycles. The molecule has 0 spiro atoms. The number of nitriles is 1. The smallest absolute Gasteiger partial charge is 0.0776 e. The zero-order chi connectivity index (χ0) is 13.1. The van der Waals surface area contributed by atoms with Crippen LogP contribution in [0.5, 0.6) is 0 Å². The quantitative estimate of drug-likeness (QED) is 0.888. The Morgan fingerprint density at radius 2 is 2.28 bits per heavy atom. The van der Waals surface area contributed by atoms with E-state index in [1.165, 1.54) is 12.8 Å². The van der Waals surface area contributed by atoms with Crippen LogP contribution >= 0.6 is 11.6 Å². The number of aliphatic hydroxyl groups is 1. The highest BCUT2D eigenvalue weighted by Crippen LogP contribution is 2.34. The SMILES string of the molecule is CC(O)c1ccc(N(CCC#N)C2CC2)cc1Cl. The highest BCUT2D eigenvalue weighted by atomic mass is 35.5. The van der Waals surface area contributed by atoms with E-state index < -0.39 is 6.10 Å². The van der Waals surface area contributed by atoms with E-state index in [0.717, 1.165) is 17.8 Å². The number of aliphatic hydroxyl groups excluding tert-OH is 1. The third-order valence-electron chi connectivity index (χ3n) is 3.22. The van der Waals surface area contributed by atoms with Crippen molar-refractivity contribution in [3.8, 4) is 6.07 Å². The molecule has 0 bridgehead atoms. The van der Waals surface area contributed by atoms with Crippen LogP contribution in [0.15, 0.2) is 18.2 Å². The lowest BCUT2D eigenvalue weighted by molar-refractivity contribution is 0.199. The van der Waals surface area contributed by atoms with Crippen molar-refractivity contribution in [2.75, 3.05) is 11.4 Å². The fourth-order valence-corrected chi connectivity index (χ4v) is 2.45. The van der Waals surface area contributed by atoms with Crippen LogP contribution in [0.1, 0.15) is 37.9 Å². The van der Waals surface area contributed by atoms with Gasteiger partial charge in [0.1, 0.15) is 0 Å². The Bertz CT molecular complexity index is 463. The van der Waals surface area contributed by atoms with Crippen molar-refractivity contribution in [3.63, 3.8) is 0 Å². The predicted octanol–water partition coefficient (Wildman–Crippen LogP) is 3.28. The summed E-state index contributed by atoms with van der Waals surface area (Å²) in [5.41, 5.74) is 1.79. The van der Waals surface area contributed by atoms with E-state index in [9.17, 15) is 5.11 Å². The minimum absolute atomic E-state index is 0.520. The first-order valence-corrected chi connectivity index (χ1v) is 6.62. The van der Waals surface area contributed by atoms with Crippen LogP contribution in [0.2, 0.25) is 5.02 Å². The van der Waals surface area contributed by atoms with E-state index in [1.54, 1.807) is 6.92 Å². The molecule has 1 atom stereocenters. The van der Waals surface area contributed by atoms with Gasteiger partial charge in [0.2, 0.25) is 0 Å². The second kappa shape index (κ2) is 5.60. The van der Waals surface area contributed by atoms with Crippen molar-refractivity contribution >= 4 is 17.3 Å². The predicted molar refractivity (Wildman–Crippen MR) is 72.7 cm³/mol. The second-order valence-corrected chi connectivity index (χ2v) is 5.12. The molecule has 3 nitrogen and oxygen atoms in total. The molecule has 0 aromatic heterocycles. The molecule has 1 aromatic carbocycles. The highest BCUT2D eigenvalue weighted by Gasteiger charge is 2.29. The van der Waals surface area contributed by atoms with Gasteiger partial charge in [-0.2, -0.15) is 5.26 Å². The molecule has 4 heteroatoms. The van der Waals surface area contributed by atoms with Crippen LogP contribution in [-0.2, 0) is 0 Å². The molecular formula is C14H17ClN2O. The zero-order valence-electron chi connectivity index (χ0n) is 10.4. The number of hydrogen-bond acceptors (Lipinski definition) is 3. The molecule has 0 saturated heterocycles. The highest BCUT2D eigenvalue weighted by molar-refractivity contribution is 6.31. The topological polar surface area (TPSA) is 47.3 Å². The lowest BCUT2D eigenvalue weighted by atomic mass is 10.1. The van der Waals surface area contributed by atoms with E-state index in [0.29, 0.717) is 17.5 Å². The third-order valence-corrected chi connectivity index (χ3v) is 3.55. The Hall–Kier alpha value is -1.24. The average Bonchev–Trinajstić information content (AvgIpc) is 3.13. The fraction of sp³-hybridized carbons (Fsp3) is 0.500. The monoisotopic (exact) mass is 264 g/mol. The Morgan fingerprint density at radius 3 is 2.78 bits per heavy atom. The van der Waals surface area contributed by atoms with E-state index >= 15 is 0 Å². The van der Waals surface area contributed by atoms with Crippen LogP contribution in [0, 0.1) is 11.3 Å². The average molecular weight is 265 g/mol. The van der Waals surface area contributed by atoms with Crippen LogP contribution in [0.4, 0.5) is 5.69 Å². The maximum atomic E-state index is 9.56. The molecule has 0 radical (unpaired) electrons. The normalized spacial score (nSPS) is 16.1. The Labute approximate surface area is 113 Å². The number of benzene rings is 1. The Morgan fingerprint density at radius 1 is 1.56 bits per heavy atom. The summed E-state index contributed by atoms with van der Waals surface area (Å²) in [4.78, 5) is 2.24. The maximum absolute atomic E-state index is 9.56. The van der Waals surface area contributed by atoms with Gasteiger partial charge in [-0.05, 0) is 37.5 Å². The minimum atomic E-state index is -0.556. The number of hydrogen-bond donors (Lipinski definition) is 1. The first-order chi connectivity index (χ1) is 8.63. The lowest BCUT2D eigenvalue weighted by Gasteiger charge is -2.24. The van der Waals surface area contributed by atoms with Gasteiger partial charge in [-0.3, -0.25) is 0 Å². The molecule has 0 aliphatic heterocycles. The van der Waals surface area contributed by atoms with Crippen LogP contribution in [-0.4, -0.2) is 17.7 Å². The van der Waals surface area contributed by atoms with Crippen molar-refractivity contribution in [1.29, 1.82) is 5.26 Å². The number of rotatable bonds is 5. The Kier molecular flexibility index (Phi) is 4.11. The molecule has 1 unspecified atom stereocenters. The van der Waals surface area contributed by atoms with Crippen LogP contribution in [0.25, 0.3) is 0 Å². The molecule has 1 aromatic rings. The molecule has 1 saturated carbocycles. The molecule has 1 N–H and O–H groups in total. The second-order valence-electron chi connectivity index (χ2n) is 4.71. The van der Waals surface area contributed by atoms with Crippen molar-refractivity contribution in [2.45, 2.75) is 38.3 Å². The summed E-state index contributed by atoms with van der Waals surface area (Å²) >= 11 is 6.18. The van der Waals surface area contributed by atoms with Gasteiger partial charge in [-0.25, -0.2) is 0 Å². The van der Waals surface area contributed by atoms with Gasteiger partial charge < -0.3 is 10.0 Å². The first kappa shape index (κ1) is 13.2. The molecule has 0 heterocycles. The standard InChI is InChI=1S/C14H17ClN2O/c1-10(18)13-6-5-12(9-14(13)15)17(8-2-7-16)11-3-4-11/h5-6,9-11,18H,2-4,8H2,1H3. The van der Waals surface area contributed by atoms with E-state index in [4.69, 9.17) is 16.9 Å². The van der Waals surface area contributed by atoms with E-state index in [1.807, 2.05) is 18.2 Å². The molecule has 0 amide bonds. The van der Waals surface area contributed by atoms with Gasteiger partial charge in [0.15, 0.2) is 0 Å². The van der Waals surface area contributed by atoms with Crippen molar-refractivity contribution in [2.24, 2.45) is 0 Å². The molecule has 2 rings (SSSR count). The summed E-state index contributed by atoms with van der Waals surface area (Å²) in [5, 5.41) is 18.8. The molecule has 18 heavy (non-hydrogen) atoms. The summed E-state index contributed by atoms with van der Waals surface area (Å²) in [7, 11) is 0. The molecule has 1 aliphatic rings. The van der Waals surface area contributed by atoms with Crippen molar-refractivity contribution in [1.82, 2.24) is 0 Å². The van der Waals surface area contributed by atoms with Gasteiger partial charge in [0, 0.05) is 23.3 Å². The van der Waals surface area contributed by atoms with E-state index in [2.05, 4.69) is 11.0 Å². The van der Waals surface area contributed by atoms with Gasteiger partial charge in [-0.15, -0.1) is 0 Å². The summed E-state index contributed by atoms with van der Waals surface area (Å²) < 4.78 is 0. The Balaban J connectivity index is 2.20. The zero-order valence-corrected chi connectivity index (χ0v) is 11.2. The number of halogens is 1. The largest absolute Gasteiger partial charge is 0.389 e. The molecule has 1 fully saturated rings. The van der Waals surface area contributed by atoms with Gasteiger partial charge in [-0.1, -0.05) is 17.7 Å². The summed E-state index contributed by atoms with van der Waals surface area (Å²) in [5.74, 6) is 0. The lowest BCUT2D eigenvalue weighted by Crippen LogP contribution is -2.26. The van der Waals surface area contributed by atoms with Crippen LogP contribution in [0.3, 0.4) is 0 Å². The molecular weight excluding hydrogens is 248 g/mol. The first-order valence-electron chi connectivity index (χ1n) is 6.24. The summed E-state index contributed by atoms with van der Waals surface area (Å²) in [6, 6.07) is 8.46. The summed E-state index contributed by atoms with van der Waals surface area (Å²) in [6.45, 7) is 2.45. The third kappa shape index (κ3) is 2.95. The van der Waals surface area contributed by atoms with Gasteiger partial charge in [0.25, 0.3) is 0 Å². The number of nitrogens with zero attached hydrogens (tertiary/aromatic N) is 2. The van der Waals surface area contributed by atoms with Crippen LogP contribution < -0.4 is 4.90 Å². The van der Waals surface area contributed by atoms with E-state index in [-0.39, 0.29) is 0 Å². The van der Waals surface area contributed by atoms with Gasteiger partial charge in [0.05, 0.1) is 18.6 Å². The van der Waals surface area contributed by atoms with Gasteiger partial charge >= 0.3 is 0 Å². The van der Waals surface area contributed by atoms with Crippen molar-refractivity contribution in [3.05, 3.63) is 28.8 Å².